The Hall–Kier alpha value is -0.380. The molecule has 2 rings (SSSR count). The molecule has 1 aromatic carbocycles. The van der Waals surface area contributed by atoms with Crippen molar-refractivity contribution in [3.05, 3.63) is 34.3 Å². The van der Waals surface area contributed by atoms with Crippen molar-refractivity contribution in [3.63, 3.8) is 0 Å². The molecule has 1 atom stereocenters. The van der Waals surface area contributed by atoms with Gasteiger partial charge in [0.2, 0.25) is 0 Å². The second-order valence-electron chi connectivity index (χ2n) is 3.23. The Balaban J connectivity index is 0.000000980. The lowest BCUT2D eigenvalue weighted by molar-refractivity contribution is -0.116. The summed E-state index contributed by atoms with van der Waals surface area (Å²) in [5.74, 6) is 0.296. The predicted molar refractivity (Wildman–Crippen MR) is 61.8 cm³/mol. The molecular formula is C10H11BrClNO. The van der Waals surface area contributed by atoms with E-state index in [0.717, 1.165) is 4.47 Å². The minimum atomic E-state index is 0. The molecule has 0 radical (unpaired) electrons. The van der Waals surface area contributed by atoms with Gasteiger partial charge in [-0.1, -0.05) is 28.1 Å². The minimum Gasteiger partial charge on any atom is -0.303 e. The van der Waals surface area contributed by atoms with E-state index in [1.54, 1.807) is 0 Å². The fraction of sp³-hybridized carbons (Fsp3) is 0.300. The number of Topliss-reactive ketones (excluding diaryl/α,β-unsaturated/α-hetero) is 1. The Morgan fingerprint density at radius 1 is 1.43 bits per heavy atom. The van der Waals surface area contributed by atoms with Gasteiger partial charge in [0.25, 0.3) is 0 Å². The van der Waals surface area contributed by atoms with E-state index in [4.69, 9.17) is 0 Å². The summed E-state index contributed by atoms with van der Waals surface area (Å²) in [7, 11) is 0. The van der Waals surface area contributed by atoms with Crippen LogP contribution in [-0.4, -0.2) is 12.3 Å². The van der Waals surface area contributed by atoms with Gasteiger partial charge in [0.15, 0.2) is 0 Å². The van der Waals surface area contributed by atoms with Crippen LogP contribution in [0.4, 0.5) is 0 Å². The van der Waals surface area contributed by atoms with Gasteiger partial charge in [-0.15, -0.1) is 12.4 Å². The molecule has 0 amide bonds. The largest absolute Gasteiger partial charge is 0.303 e. The van der Waals surface area contributed by atoms with Gasteiger partial charge in [-0.05, 0) is 17.7 Å². The van der Waals surface area contributed by atoms with Crippen molar-refractivity contribution in [1.29, 1.82) is 0 Å². The molecule has 0 spiro atoms. The topological polar surface area (TPSA) is 29.1 Å². The van der Waals surface area contributed by atoms with Crippen molar-refractivity contribution in [1.82, 2.24) is 5.32 Å². The summed E-state index contributed by atoms with van der Waals surface area (Å²) in [6, 6.07) is 8.28. The zero-order chi connectivity index (χ0) is 9.26. The van der Waals surface area contributed by atoms with Gasteiger partial charge < -0.3 is 5.32 Å². The Morgan fingerprint density at radius 2 is 2.21 bits per heavy atom. The van der Waals surface area contributed by atoms with Gasteiger partial charge in [-0.2, -0.15) is 0 Å². The number of halogens is 2. The zero-order valence-corrected chi connectivity index (χ0v) is 9.90. The minimum absolute atomic E-state index is 0. The lowest BCUT2D eigenvalue weighted by Gasteiger charge is -2.09. The summed E-state index contributed by atoms with van der Waals surface area (Å²) in [5.41, 5.74) is 1.18. The number of carbonyl (C=O) groups is 1. The van der Waals surface area contributed by atoms with Crippen molar-refractivity contribution >= 4 is 34.1 Å². The van der Waals surface area contributed by atoms with Crippen molar-refractivity contribution in [2.45, 2.75) is 12.5 Å². The van der Waals surface area contributed by atoms with E-state index in [2.05, 4.69) is 27.3 Å². The molecule has 14 heavy (non-hydrogen) atoms. The van der Waals surface area contributed by atoms with Crippen LogP contribution < -0.4 is 5.32 Å². The molecule has 0 aromatic heterocycles. The van der Waals surface area contributed by atoms with E-state index >= 15 is 0 Å². The average molecular weight is 277 g/mol. The van der Waals surface area contributed by atoms with Crippen LogP contribution in [0.1, 0.15) is 18.0 Å². The molecule has 0 saturated carbocycles. The number of ketones is 1. The molecule has 2 nitrogen and oxygen atoms in total. The smallest absolute Gasteiger partial charge is 0.148 e. The molecule has 4 heteroatoms. The van der Waals surface area contributed by atoms with Crippen LogP contribution in [0.25, 0.3) is 0 Å². The molecule has 1 aromatic rings. The van der Waals surface area contributed by atoms with Gasteiger partial charge >= 0.3 is 0 Å². The summed E-state index contributed by atoms with van der Waals surface area (Å²) in [5, 5.41) is 3.18. The molecule has 1 fully saturated rings. The van der Waals surface area contributed by atoms with E-state index in [1.807, 2.05) is 18.2 Å². The second kappa shape index (κ2) is 4.91. The molecule has 1 N–H and O–H groups in total. The van der Waals surface area contributed by atoms with E-state index in [1.165, 1.54) is 5.56 Å². The van der Waals surface area contributed by atoms with Gasteiger partial charge in [0.05, 0.1) is 6.54 Å². The molecule has 1 saturated heterocycles. The summed E-state index contributed by atoms with van der Waals surface area (Å²) in [6.07, 6.45) is 0.621. The number of carbonyl (C=O) groups excluding carboxylic acids is 1. The Kier molecular flexibility index (Phi) is 4.11. The van der Waals surface area contributed by atoms with Crippen LogP contribution in [0.2, 0.25) is 0 Å². The Morgan fingerprint density at radius 3 is 2.79 bits per heavy atom. The van der Waals surface area contributed by atoms with Crippen LogP contribution in [0.15, 0.2) is 28.7 Å². The van der Waals surface area contributed by atoms with Crippen molar-refractivity contribution in [2.24, 2.45) is 0 Å². The fourth-order valence-electron chi connectivity index (χ4n) is 1.57. The summed E-state index contributed by atoms with van der Waals surface area (Å²) >= 11 is 3.41. The standard InChI is InChI=1S/C10H10BrNO.ClH/c11-8-3-1-2-7(4-8)10-5-9(13)6-12-10;/h1-4,10,12H,5-6H2;1H. The van der Waals surface area contributed by atoms with Crippen LogP contribution >= 0.6 is 28.3 Å². The Bertz CT molecular complexity index is 343. The molecule has 1 aliphatic heterocycles. The van der Waals surface area contributed by atoms with Gasteiger partial charge in [-0.3, -0.25) is 4.79 Å². The first kappa shape index (κ1) is 11.7. The van der Waals surface area contributed by atoms with Crippen molar-refractivity contribution in [3.8, 4) is 0 Å². The number of nitrogens with one attached hydrogen (secondary N) is 1. The number of hydrogen-bond donors (Lipinski definition) is 1. The summed E-state index contributed by atoms with van der Waals surface area (Å²) < 4.78 is 1.06. The zero-order valence-electron chi connectivity index (χ0n) is 7.50. The van der Waals surface area contributed by atoms with Gasteiger partial charge in [-0.25, -0.2) is 0 Å². The van der Waals surface area contributed by atoms with E-state index in [0.29, 0.717) is 18.7 Å². The van der Waals surface area contributed by atoms with Crippen LogP contribution in [0.5, 0.6) is 0 Å². The van der Waals surface area contributed by atoms with Crippen molar-refractivity contribution < 1.29 is 4.79 Å². The first-order valence-electron chi connectivity index (χ1n) is 4.26. The van der Waals surface area contributed by atoms with Crippen LogP contribution in [0, 0.1) is 0 Å². The quantitative estimate of drug-likeness (QED) is 0.854. The normalized spacial score (nSPS) is 20.6. The van der Waals surface area contributed by atoms with Gasteiger partial charge in [0.1, 0.15) is 5.78 Å². The predicted octanol–water partition coefficient (Wildman–Crippen LogP) is 2.47. The highest BCUT2D eigenvalue weighted by Gasteiger charge is 2.22. The molecule has 76 valence electrons. The van der Waals surface area contributed by atoms with E-state index in [9.17, 15) is 4.79 Å². The highest BCUT2D eigenvalue weighted by atomic mass is 79.9. The molecule has 0 aliphatic carbocycles. The second-order valence-corrected chi connectivity index (χ2v) is 4.15. The third-order valence-electron chi connectivity index (χ3n) is 2.23. The number of rotatable bonds is 1. The molecule has 0 bridgehead atoms. The maximum atomic E-state index is 11.0. The SMILES string of the molecule is Cl.O=C1CNC(c2cccc(Br)c2)C1. The molecular weight excluding hydrogens is 265 g/mol. The number of benzene rings is 1. The summed E-state index contributed by atoms with van der Waals surface area (Å²) in [6.45, 7) is 0.511. The monoisotopic (exact) mass is 275 g/mol. The molecule has 1 heterocycles. The first-order valence-corrected chi connectivity index (χ1v) is 5.05. The lowest BCUT2D eigenvalue weighted by atomic mass is 10.1. The highest BCUT2D eigenvalue weighted by Crippen LogP contribution is 2.23. The third kappa shape index (κ3) is 2.56. The van der Waals surface area contributed by atoms with Crippen molar-refractivity contribution in [2.75, 3.05) is 6.54 Å². The first-order chi connectivity index (χ1) is 6.25. The maximum Gasteiger partial charge on any atom is 0.148 e. The third-order valence-corrected chi connectivity index (χ3v) is 2.72. The Labute approximate surface area is 97.6 Å². The maximum absolute atomic E-state index is 11.0. The van der Waals surface area contributed by atoms with Gasteiger partial charge in [0, 0.05) is 16.9 Å². The summed E-state index contributed by atoms with van der Waals surface area (Å²) in [4.78, 5) is 11.0. The highest BCUT2D eigenvalue weighted by molar-refractivity contribution is 9.10. The lowest BCUT2D eigenvalue weighted by Crippen LogP contribution is -2.13. The molecule has 1 unspecified atom stereocenters. The fourth-order valence-corrected chi connectivity index (χ4v) is 1.99. The van der Waals surface area contributed by atoms with E-state index in [-0.39, 0.29) is 18.4 Å². The average Bonchev–Trinajstić information content (AvgIpc) is 2.52. The number of hydrogen-bond acceptors (Lipinski definition) is 2. The molecule has 1 aliphatic rings. The van der Waals surface area contributed by atoms with Crippen LogP contribution in [0.3, 0.4) is 0 Å². The van der Waals surface area contributed by atoms with E-state index < -0.39 is 0 Å². The van der Waals surface area contributed by atoms with Crippen LogP contribution in [-0.2, 0) is 4.79 Å².